The summed E-state index contributed by atoms with van der Waals surface area (Å²) < 4.78 is 0. The quantitative estimate of drug-likeness (QED) is 0.866. The standard InChI is InChI=1S/C15H22N6O/c1-10-4-6-21(13(22)7-16)8-12(10)20(2)15-11-3-5-17-14(11)18-9-19-15/h3,5,9-10,12H,4,6-8,16H2,1-2H3,(H,17,18,19). The summed E-state index contributed by atoms with van der Waals surface area (Å²) in [5.41, 5.74) is 6.33. The van der Waals surface area contributed by atoms with Crippen LogP contribution in [0.2, 0.25) is 0 Å². The number of nitrogens with two attached hydrogens (primary N) is 1. The lowest BCUT2D eigenvalue weighted by molar-refractivity contribution is -0.131. The van der Waals surface area contributed by atoms with Gasteiger partial charge in [0.05, 0.1) is 18.0 Å². The van der Waals surface area contributed by atoms with Gasteiger partial charge in [-0.25, -0.2) is 9.97 Å². The van der Waals surface area contributed by atoms with Crippen molar-refractivity contribution >= 4 is 22.8 Å². The predicted octanol–water partition coefficient (Wildman–Crippen LogP) is 0.590. The van der Waals surface area contributed by atoms with Crippen LogP contribution >= 0.6 is 0 Å². The highest BCUT2D eigenvalue weighted by molar-refractivity contribution is 5.87. The fourth-order valence-corrected chi connectivity index (χ4v) is 3.21. The van der Waals surface area contributed by atoms with E-state index in [0.29, 0.717) is 12.5 Å². The Balaban J connectivity index is 1.88. The number of nitrogens with zero attached hydrogens (tertiary/aromatic N) is 4. The first-order valence-corrected chi connectivity index (χ1v) is 7.60. The monoisotopic (exact) mass is 302 g/mol. The average molecular weight is 302 g/mol. The van der Waals surface area contributed by atoms with Crippen LogP contribution in [0.3, 0.4) is 0 Å². The minimum atomic E-state index is 0.0137. The zero-order chi connectivity index (χ0) is 15.7. The summed E-state index contributed by atoms with van der Waals surface area (Å²) in [6.45, 7) is 3.76. The van der Waals surface area contributed by atoms with Crippen molar-refractivity contribution in [3.05, 3.63) is 18.6 Å². The number of hydrogen-bond donors (Lipinski definition) is 2. The van der Waals surface area contributed by atoms with E-state index in [9.17, 15) is 4.79 Å². The van der Waals surface area contributed by atoms with Crippen LogP contribution in [0.1, 0.15) is 13.3 Å². The van der Waals surface area contributed by atoms with Crippen molar-refractivity contribution in [3.63, 3.8) is 0 Å². The van der Waals surface area contributed by atoms with Crippen molar-refractivity contribution in [3.8, 4) is 0 Å². The smallest absolute Gasteiger partial charge is 0.236 e. The molecule has 2 aromatic heterocycles. The molecule has 0 radical (unpaired) electrons. The van der Waals surface area contributed by atoms with Gasteiger partial charge >= 0.3 is 0 Å². The van der Waals surface area contributed by atoms with Crippen LogP contribution in [0, 0.1) is 5.92 Å². The highest BCUT2D eigenvalue weighted by Gasteiger charge is 2.32. The number of aromatic nitrogens is 3. The fourth-order valence-electron chi connectivity index (χ4n) is 3.21. The van der Waals surface area contributed by atoms with Gasteiger partial charge in [0, 0.05) is 26.3 Å². The maximum Gasteiger partial charge on any atom is 0.236 e. The number of likely N-dealkylation sites (tertiary alicyclic amines) is 1. The van der Waals surface area contributed by atoms with E-state index in [4.69, 9.17) is 5.73 Å². The zero-order valence-corrected chi connectivity index (χ0v) is 13.0. The van der Waals surface area contributed by atoms with E-state index >= 15 is 0 Å². The Morgan fingerprint density at radius 1 is 1.55 bits per heavy atom. The van der Waals surface area contributed by atoms with Crippen LogP contribution in [0.4, 0.5) is 5.82 Å². The Labute approximate surface area is 129 Å². The molecule has 0 aliphatic carbocycles. The highest BCUT2D eigenvalue weighted by atomic mass is 16.2. The third-order valence-electron chi connectivity index (χ3n) is 4.61. The minimum absolute atomic E-state index is 0.0137. The Morgan fingerprint density at radius 3 is 3.14 bits per heavy atom. The number of piperidine rings is 1. The molecular formula is C15H22N6O. The molecule has 7 nitrogen and oxygen atoms in total. The molecule has 3 N–H and O–H groups in total. The van der Waals surface area contributed by atoms with E-state index in [-0.39, 0.29) is 18.5 Å². The van der Waals surface area contributed by atoms with E-state index in [1.807, 2.05) is 24.2 Å². The topological polar surface area (TPSA) is 91.1 Å². The van der Waals surface area contributed by atoms with Gasteiger partial charge in [0.1, 0.15) is 17.8 Å². The van der Waals surface area contributed by atoms with Gasteiger partial charge in [0.25, 0.3) is 0 Å². The number of anilines is 1. The first-order chi connectivity index (χ1) is 10.6. The fraction of sp³-hybridized carbons (Fsp3) is 0.533. The molecule has 0 saturated carbocycles. The molecule has 2 atom stereocenters. The normalized spacial score (nSPS) is 22.0. The number of hydrogen-bond acceptors (Lipinski definition) is 5. The van der Waals surface area contributed by atoms with Crippen molar-refractivity contribution in [2.24, 2.45) is 11.7 Å². The first-order valence-electron chi connectivity index (χ1n) is 7.60. The molecule has 2 unspecified atom stereocenters. The maximum atomic E-state index is 11.9. The number of rotatable bonds is 3. The second-order valence-corrected chi connectivity index (χ2v) is 5.93. The lowest BCUT2D eigenvalue weighted by atomic mass is 9.92. The molecular weight excluding hydrogens is 280 g/mol. The van der Waals surface area contributed by atoms with E-state index in [1.54, 1.807) is 6.33 Å². The minimum Gasteiger partial charge on any atom is -0.354 e. The number of nitrogens with one attached hydrogen (secondary N) is 1. The molecule has 1 amide bonds. The third-order valence-corrected chi connectivity index (χ3v) is 4.61. The highest BCUT2D eigenvalue weighted by Crippen LogP contribution is 2.28. The van der Waals surface area contributed by atoms with Gasteiger partial charge in [0.15, 0.2) is 0 Å². The molecule has 0 bridgehead atoms. The zero-order valence-electron chi connectivity index (χ0n) is 13.0. The lowest BCUT2D eigenvalue weighted by Crippen LogP contribution is -2.54. The van der Waals surface area contributed by atoms with Gasteiger partial charge in [-0.15, -0.1) is 0 Å². The van der Waals surface area contributed by atoms with Gasteiger partial charge < -0.3 is 20.5 Å². The van der Waals surface area contributed by atoms with Crippen LogP contribution in [0.5, 0.6) is 0 Å². The van der Waals surface area contributed by atoms with Crippen molar-refractivity contribution in [2.45, 2.75) is 19.4 Å². The van der Waals surface area contributed by atoms with Crippen molar-refractivity contribution in [2.75, 3.05) is 31.6 Å². The number of amides is 1. The van der Waals surface area contributed by atoms with E-state index in [2.05, 4.69) is 26.8 Å². The summed E-state index contributed by atoms with van der Waals surface area (Å²) in [6, 6.07) is 2.20. The summed E-state index contributed by atoms with van der Waals surface area (Å²) >= 11 is 0. The van der Waals surface area contributed by atoms with Gasteiger partial charge in [-0.2, -0.15) is 0 Å². The second kappa shape index (κ2) is 5.92. The Hall–Kier alpha value is -2.15. The number of carbonyl (C=O) groups is 1. The molecule has 0 spiro atoms. The third kappa shape index (κ3) is 2.52. The molecule has 0 aromatic carbocycles. The van der Waals surface area contributed by atoms with Crippen LogP contribution in [-0.2, 0) is 4.79 Å². The van der Waals surface area contributed by atoms with Gasteiger partial charge in [-0.1, -0.05) is 6.92 Å². The van der Waals surface area contributed by atoms with Gasteiger partial charge in [-0.05, 0) is 18.4 Å². The van der Waals surface area contributed by atoms with Crippen LogP contribution in [-0.4, -0.2) is 58.5 Å². The average Bonchev–Trinajstić information content (AvgIpc) is 3.02. The largest absolute Gasteiger partial charge is 0.354 e. The second-order valence-electron chi connectivity index (χ2n) is 5.93. The van der Waals surface area contributed by atoms with Crippen LogP contribution in [0.15, 0.2) is 18.6 Å². The Kier molecular flexibility index (Phi) is 3.98. The summed E-state index contributed by atoms with van der Waals surface area (Å²) in [6.07, 6.45) is 4.41. The van der Waals surface area contributed by atoms with Crippen molar-refractivity contribution in [1.29, 1.82) is 0 Å². The maximum absolute atomic E-state index is 11.9. The van der Waals surface area contributed by atoms with Gasteiger partial charge in [0.2, 0.25) is 5.91 Å². The molecule has 1 aliphatic heterocycles. The summed E-state index contributed by atoms with van der Waals surface area (Å²) in [5.74, 6) is 1.39. The van der Waals surface area contributed by atoms with E-state index < -0.39 is 0 Å². The number of H-pyrrole nitrogens is 1. The molecule has 7 heteroatoms. The summed E-state index contributed by atoms with van der Waals surface area (Å²) in [4.78, 5) is 27.7. The number of fused-ring (bicyclic) bond motifs is 1. The molecule has 118 valence electrons. The number of aromatic amines is 1. The molecule has 22 heavy (non-hydrogen) atoms. The molecule has 1 aliphatic rings. The molecule has 3 rings (SSSR count). The number of likely N-dealkylation sites (N-methyl/N-ethyl adjacent to an activating group) is 1. The lowest BCUT2D eigenvalue weighted by Gasteiger charge is -2.42. The SMILES string of the molecule is CC1CCN(C(=O)CN)CC1N(C)c1ncnc2[nH]ccc12. The Bertz CT molecular complexity index is 669. The molecule has 1 fully saturated rings. The van der Waals surface area contributed by atoms with E-state index in [0.717, 1.165) is 29.8 Å². The summed E-state index contributed by atoms with van der Waals surface area (Å²) in [7, 11) is 2.03. The van der Waals surface area contributed by atoms with Crippen molar-refractivity contribution < 1.29 is 4.79 Å². The van der Waals surface area contributed by atoms with Crippen LogP contribution in [0.25, 0.3) is 11.0 Å². The first kappa shape index (κ1) is 14.8. The summed E-state index contributed by atoms with van der Waals surface area (Å²) in [5, 5.41) is 1.000. The number of carbonyl (C=O) groups excluding carboxylic acids is 1. The van der Waals surface area contributed by atoms with Crippen molar-refractivity contribution in [1.82, 2.24) is 19.9 Å². The van der Waals surface area contributed by atoms with Crippen LogP contribution < -0.4 is 10.6 Å². The molecule has 2 aromatic rings. The molecule has 3 heterocycles. The van der Waals surface area contributed by atoms with E-state index in [1.165, 1.54) is 0 Å². The predicted molar refractivity (Wildman–Crippen MR) is 85.5 cm³/mol. The molecule has 1 saturated heterocycles. The van der Waals surface area contributed by atoms with Gasteiger partial charge in [-0.3, -0.25) is 4.79 Å². The Morgan fingerprint density at radius 2 is 2.36 bits per heavy atom.